The van der Waals surface area contributed by atoms with Gasteiger partial charge in [0.2, 0.25) is 0 Å². The molecule has 0 aliphatic rings. The first kappa shape index (κ1) is 58.4. The van der Waals surface area contributed by atoms with Gasteiger partial charge in [-0.15, -0.1) is 0 Å². The van der Waals surface area contributed by atoms with E-state index in [1.807, 2.05) is 0 Å². The van der Waals surface area contributed by atoms with Crippen LogP contribution in [0.4, 0.5) is 0 Å². The molecule has 0 aliphatic carbocycles. The fourth-order valence-electron chi connectivity index (χ4n) is 8.56. The maximum atomic E-state index is 12.8. The van der Waals surface area contributed by atoms with Gasteiger partial charge in [-0.2, -0.15) is 0 Å². The molecule has 356 valence electrons. The van der Waals surface area contributed by atoms with Gasteiger partial charge in [0.25, 0.3) is 0 Å². The third-order valence-electron chi connectivity index (χ3n) is 12.5. The zero-order chi connectivity index (χ0) is 43.8. The smallest absolute Gasteiger partial charge is 0.306 e. The molecule has 0 bridgehead atoms. The number of rotatable bonds is 49. The fraction of sp³-hybridized carbons (Fsp3) is 0.944. The Morgan fingerprint density at radius 2 is 0.567 bits per heavy atom. The summed E-state index contributed by atoms with van der Waals surface area (Å²) in [6, 6.07) is 0. The normalized spacial score (nSPS) is 12.4. The first-order valence-electron chi connectivity index (χ1n) is 27.0. The minimum atomic E-state index is -0.764. The molecule has 0 heterocycles. The fourth-order valence-corrected chi connectivity index (χ4v) is 8.56. The molecule has 0 spiro atoms. The zero-order valence-corrected chi connectivity index (χ0v) is 40.9. The minimum absolute atomic E-state index is 0.0633. The molecule has 0 fully saturated rings. The Morgan fingerprint density at radius 1 is 0.300 bits per heavy atom. The van der Waals surface area contributed by atoms with Crippen LogP contribution in [0.2, 0.25) is 0 Å². The van der Waals surface area contributed by atoms with Gasteiger partial charge in [0, 0.05) is 19.3 Å². The van der Waals surface area contributed by atoms with Gasteiger partial charge in [-0.1, -0.05) is 265 Å². The van der Waals surface area contributed by atoms with Crippen LogP contribution in [-0.4, -0.2) is 37.2 Å². The van der Waals surface area contributed by atoms with Crippen LogP contribution in [0.25, 0.3) is 0 Å². The molecule has 0 radical (unpaired) electrons. The van der Waals surface area contributed by atoms with E-state index < -0.39 is 6.10 Å². The van der Waals surface area contributed by atoms with E-state index in [-0.39, 0.29) is 31.1 Å². The third kappa shape index (κ3) is 44.5. The molecule has 0 saturated heterocycles. The van der Waals surface area contributed by atoms with E-state index in [2.05, 4.69) is 27.7 Å². The molecule has 0 aromatic heterocycles. The molecule has 0 saturated carbocycles. The number of unbranched alkanes of at least 4 members (excludes halogenated alkanes) is 32. The van der Waals surface area contributed by atoms with Crippen molar-refractivity contribution in [2.24, 2.45) is 5.92 Å². The molecule has 2 unspecified atom stereocenters. The van der Waals surface area contributed by atoms with Crippen LogP contribution in [-0.2, 0) is 28.6 Å². The minimum Gasteiger partial charge on any atom is -0.462 e. The quantitative estimate of drug-likeness (QED) is 0.0345. The van der Waals surface area contributed by atoms with Crippen molar-refractivity contribution >= 4 is 17.9 Å². The van der Waals surface area contributed by atoms with Crippen molar-refractivity contribution in [1.29, 1.82) is 0 Å². The van der Waals surface area contributed by atoms with Crippen LogP contribution in [0.15, 0.2) is 0 Å². The SMILES string of the molecule is CCCCCCCCCCCCCCCCCC(=O)OCC(COC(=O)CCCCC(CCC)CCCCCC)OC(=O)CCCCCCCCCCCCCCCCC. The summed E-state index contributed by atoms with van der Waals surface area (Å²) in [6.45, 7) is 8.94. The van der Waals surface area contributed by atoms with Crippen molar-refractivity contribution < 1.29 is 28.6 Å². The lowest BCUT2D eigenvalue weighted by Crippen LogP contribution is -2.30. The van der Waals surface area contributed by atoms with E-state index in [1.54, 1.807) is 0 Å². The summed E-state index contributed by atoms with van der Waals surface area (Å²) < 4.78 is 16.9. The molecule has 0 aliphatic heterocycles. The van der Waals surface area contributed by atoms with Crippen LogP contribution in [0.1, 0.15) is 304 Å². The number of carbonyl (C=O) groups is 3. The number of esters is 3. The average Bonchev–Trinajstić information content (AvgIpc) is 3.24. The lowest BCUT2D eigenvalue weighted by molar-refractivity contribution is -0.167. The summed E-state index contributed by atoms with van der Waals surface area (Å²) in [7, 11) is 0. The number of hydrogen-bond acceptors (Lipinski definition) is 6. The molecule has 0 aromatic rings. The Bertz CT molecular complexity index is 905. The summed E-state index contributed by atoms with van der Waals surface area (Å²) in [4.78, 5) is 38.2. The molecular weight excluding hydrogens is 745 g/mol. The second-order valence-corrected chi connectivity index (χ2v) is 18.6. The first-order valence-corrected chi connectivity index (χ1v) is 27.0. The van der Waals surface area contributed by atoms with E-state index >= 15 is 0 Å². The lowest BCUT2D eigenvalue weighted by atomic mass is 9.91. The van der Waals surface area contributed by atoms with Crippen LogP contribution >= 0.6 is 0 Å². The van der Waals surface area contributed by atoms with Crippen molar-refractivity contribution in [3.8, 4) is 0 Å². The van der Waals surface area contributed by atoms with Gasteiger partial charge in [0.15, 0.2) is 6.10 Å². The lowest BCUT2D eigenvalue weighted by Gasteiger charge is -2.18. The van der Waals surface area contributed by atoms with Crippen molar-refractivity contribution in [1.82, 2.24) is 0 Å². The van der Waals surface area contributed by atoms with Crippen molar-refractivity contribution in [2.45, 2.75) is 310 Å². The zero-order valence-electron chi connectivity index (χ0n) is 40.9. The van der Waals surface area contributed by atoms with Crippen molar-refractivity contribution in [2.75, 3.05) is 13.2 Å². The molecule has 6 heteroatoms. The molecule has 6 nitrogen and oxygen atoms in total. The highest BCUT2D eigenvalue weighted by Crippen LogP contribution is 2.23. The third-order valence-corrected chi connectivity index (χ3v) is 12.5. The van der Waals surface area contributed by atoms with Gasteiger partial charge >= 0.3 is 17.9 Å². The van der Waals surface area contributed by atoms with Gasteiger partial charge in [0.1, 0.15) is 13.2 Å². The van der Waals surface area contributed by atoms with Crippen LogP contribution < -0.4 is 0 Å². The van der Waals surface area contributed by atoms with Crippen molar-refractivity contribution in [3.63, 3.8) is 0 Å². The highest BCUT2D eigenvalue weighted by molar-refractivity contribution is 5.71. The number of carbonyl (C=O) groups excluding carboxylic acids is 3. The van der Waals surface area contributed by atoms with E-state index in [4.69, 9.17) is 14.2 Å². The molecule has 60 heavy (non-hydrogen) atoms. The monoisotopic (exact) mass is 849 g/mol. The Hall–Kier alpha value is -1.59. The van der Waals surface area contributed by atoms with Gasteiger partial charge in [-0.05, 0) is 25.2 Å². The highest BCUT2D eigenvalue weighted by Gasteiger charge is 2.20. The molecule has 0 aromatic carbocycles. The summed E-state index contributed by atoms with van der Waals surface area (Å²) in [5.41, 5.74) is 0. The average molecular weight is 849 g/mol. The molecule has 0 amide bonds. The Labute approximate surface area is 374 Å². The van der Waals surface area contributed by atoms with Crippen LogP contribution in [0.3, 0.4) is 0 Å². The predicted molar refractivity (Wildman–Crippen MR) is 257 cm³/mol. The summed E-state index contributed by atoms with van der Waals surface area (Å²) in [6.07, 6.45) is 50.7. The molecule has 0 N–H and O–H groups in total. The van der Waals surface area contributed by atoms with E-state index in [0.717, 1.165) is 57.3 Å². The van der Waals surface area contributed by atoms with Gasteiger partial charge in [-0.3, -0.25) is 14.4 Å². The van der Waals surface area contributed by atoms with Crippen LogP contribution in [0, 0.1) is 5.92 Å². The standard InChI is InChI=1S/C54H104O6/c1-5-9-12-15-17-19-21-23-25-27-29-31-33-35-38-45-52(55)58-48-51(49-59-53(56)46-41-40-44-50(42-8-4)43-37-14-11-7-3)60-54(57)47-39-36-34-32-30-28-26-24-22-20-18-16-13-10-6-2/h50-51H,5-49H2,1-4H3. The van der Waals surface area contributed by atoms with E-state index in [0.29, 0.717) is 19.3 Å². The molecular formula is C54H104O6. The largest absolute Gasteiger partial charge is 0.462 e. The second kappa shape index (κ2) is 48.4. The van der Waals surface area contributed by atoms with Gasteiger partial charge < -0.3 is 14.2 Å². The molecule has 0 rings (SSSR count). The number of hydrogen-bond donors (Lipinski definition) is 0. The van der Waals surface area contributed by atoms with Crippen LogP contribution in [0.5, 0.6) is 0 Å². The Morgan fingerprint density at radius 3 is 0.900 bits per heavy atom. The van der Waals surface area contributed by atoms with E-state index in [1.165, 1.54) is 205 Å². The topological polar surface area (TPSA) is 78.9 Å². The Balaban J connectivity index is 4.44. The summed E-state index contributed by atoms with van der Waals surface area (Å²) in [5.74, 6) is -0.0845. The Kier molecular flexibility index (Phi) is 47.2. The number of ether oxygens (including phenoxy) is 3. The van der Waals surface area contributed by atoms with Crippen molar-refractivity contribution in [3.05, 3.63) is 0 Å². The van der Waals surface area contributed by atoms with Gasteiger partial charge in [0.05, 0.1) is 0 Å². The summed E-state index contributed by atoms with van der Waals surface area (Å²) >= 11 is 0. The maximum Gasteiger partial charge on any atom is 0.306 e. The molecule has 2 atom stereocenters. The van der Waals surface area contributed by atoms with E-state index in [9.17, 15) is 14.4 Å². The summed E-state index contributed by atoms with van der Waals surface area (Å²) in [5, 5.41) is 0. The predicted octanol–water partition coefficient (Wildman–Crippen LogP) is 17.5. The van der Waals surface area contributed by atoms with Gasteiger partial charge in [-0.25, -0.2) is 0 Å². The highest BCUT2D eigenvalue weighted by atomic mass is 16.6. The first-order chi connectivity index (χ1) is 29.5. The maximum absolute atomic E-state index is 12.8. The second-order valence-electron chi connectivity index (χ2n) is 18.6.